The van der Waals surface area contributed by atoms with Gasteiger partial charge in [0.2, 0.25) is 0 Å². The normalized spacial score (nSPS) is 22.5. The first-order valence-electron chi connectivity index (χ1n) is 12.2. The van der Waals surface area contributed by atoms with Gasteiger partial charge in [0.05, 0.1) is 27.9 Å². The first kappa shape index (κ1) is 21.3. The molecule has 3 aromatic heterocycles. The number of benzene rings is 1. The van der Waals surface area contributed by atoms with Crippen LogP contribution in [-0.2, 0) is 7.05 Å². The molecule has 0 radical (unpaired) electrons. The number of hydrogen-bond acceptors (Lipinski definition) is 6. The minimum absolute atomic E-state index is 0.0117. The van der Waals surface area contributed by atoms with E-state index in [4.69, 9.17) is 4.98 Å². The molecule has 0 spiro atoms. The smallest absolute Gasteiger partial charge is 0.252 e. The summed E-state index contributed by atoms with van der Waals surface area (Å²) < 4.78 is 1.64. The van der Waals surface area contributed by atoms with Gasteiger partial charge in [0.1, 0.15) is 5.52 Å². The Balaban J connectivity index is 1.28. The molecular weight excluding hydrogens is 426 g/mol. The van der Waals surface area contributed by atoms with Crippen molar-refractivity contribution in [2.45, 2.75) is 57.7 Å². The predicted molar refractivity (Wildman–Crippen MR) is 134 cm³/mol. The Morgan fingerprint density at radius 1 is 1.09 bits per heavy atom. The molecule has 2 aliphatic rings. The van der Waals surface area contributed by atoms with Crippen LogP contribution < -0.4 is 10.5 Å². The lowest BCUT2D eigenvalue weighted by molar-refractivity contribution is 0.119. The maximum absolute atomic E-state index is 12.6. The van der Waals surface area contributed by atoms with E-state index in [-0.39, 0.29) is 17.6 Å². The van der Waals surface area contributed by atoms with Crippen LogP contribution in [0.2, 0.25) is 0 Å². The topological polar surface area (TPSA) is 82.9 Å². The molecule has 1 aromatic carbocycles. The monoisotopic (exact) mass is 457 g/mol. The zero-order chi connectivity index (χ0) is 23.6. The summed E-state index contributed by atoms with van der Waals surface area (Å²) in [6.07, 6.45) is 6.20. The van der Waals surface area contributed by atoms with Crippen molar-refractivity contribution in [1.29, 1.82) is 0 Å². The molecule has 176 valence electrons. The van der Waals surface area contributed by atoms with Crippen molar-refractivity contribution in [1.82, 2.24) is 29.6 Å². The van der Waals surface area contributed by atoms with E-state index in [0.717, 1.165) is 46.5 Å². The van der Waals surface area contributed by atoms with E-state index in [1.54, 1.807) is 23.9 Å². The van der Waals surface area contributed by atoms with E-state index < -0.39 is 0 Å². The van der Waals surface area contributed by atoms with Crippen LogP contribution in [0.1, 0.15) is 56.8 Å². The Kier molecular flexibility index (Phi) is 4.95. The molecule has 1 saturated heterocycles. The highest BCUT2D eigenvalue weighted by Gasteiger charge is 2.34. The van der Waals surface area contributed by atoms with Crippen molar-refractivity contribution in [2.24, 2.45) is 7.05 Å². The third kappa shape index (κ3) is 3.48. The van der Waals surface area contributed by atoms with Crippen molar-refractivity contribution in [3.63, 3.8) is 0 Å². The maximum Gasteiger partial charge on any atom is 0.252 e. The van der Waals surface area contributed by atoms with Crippen LogP contribution in [0.5, 0.6) is 0 Å². The first-order chi connectivity index (χ1) is 16.4. The fourth-order valence-corrected chi connectivity index (χ4v) is 5.45. The van der Waals surface area contributed by atoms with Crippen LogP contribution in [0.3, 0.4) is 0 Å². The molecule has 1 aliphatic carbocycles. The number of H-pyrrole nitrogens is 1. The lowest BCUT2D eigenvalue weighted by atomic mass is 9.99. The summed E-state index contributed by atoms with van der Waals surface area (Å²) in [6, 6.07) is 9.04. The number of nitrogens with zero attached hydrogens (tertiary/aromatic N) is 6. The highest BCUT2D eigenvalue weighted by atomic mass is 16.1. The number of aryl methyl sites for hydroxylation is 1. The third-order valence-corrected chi connectivity index (χ3v) is 7.72. The Morgan fingerprint density at radius 2 is 1.91 bits per heavy atom. The van der Waals surface area contributed by atoms with E-state index in [1.807, 2.05) is 6.20 Å². The van der Waals surface area contributed by atoms with E-state index in [9.17, 15) is 4.79 Å². The number of piperazine rings is 1. The third-order valence-electron chi connectivity index (χ3n) is 7.72. The zero-order valence-corrected chi connectivity index (χ0v) is 20.2. The van der Waals surface area contributed by atoms with Crippen LogP contribution in [0, 0.1) is 0 Å². The number of anilines is 1. The van der Waals surface area contributed by atoms with E-state index in [2.05, 4.69) is 64.0 Å². The van der Waals surface area contributed by atoms with Gasteiger partial charge in [-0.25, -0.2) is 4.98 Å². The number of nitrogens with one attached hydrogen (secondary N) is 1. The SMILES string of the molecule is CC(c1ccc2ncc(C3CC3)nc2c1)N1C[C@H](C)N(c2cc(=O)n(C)c3c[nH]nc23)C[C@H]1C. The van der Waals surface area contributed by atoms with Crippen molar-refractivity contribution in [3.8, 4) is 0 Å². The van der Waals surface area contributed by atoms with Crippen molar-refractivity contribution < 1.29 is 0 Å². The molecule has 4 heterocycles. The molecule has 34 heavy (non-hydrogen) atoms. The largest absolute Gasteiger partial charge is 0.364 e. The summed E-state index contributed by atoms with van der Waals surface area (Å²) in [5.74, 6) is 0.600. The predicted octanol–water partition coefficient (Wildman–Crippen LogP) is 3.74. The highest BCUT2D eigenvalue weighted by molar-refractivity contribution is 5.88. The van der Waals surface area contributed by atoms with Crippen molar-refractivity contribution in [3.05, 3.63) is 58.3 Å². The number of hydrogen-bond donors (Lipinski definition) is 1. The second-order valence-electron chi connectivity index (χ2n) is 10.1. The molecule has 6 rings (SSSR count). The van der Waals surface area contributed by atoms with Crippen molar-refractivity contribution in [2.75, 3.05) is 18.0 Å². The molecule has 0 amide bonds. The number of fused-ring (bicyclic) bond motifs is 2. The lowest BCUT2D eigenvalue weighted by Gasteiger charge is -2.47. The van der Waals surface area contributed by atoms with Gasteiger partial charge in [-0.05, 0) is 51.3 Å². The van der Waals surface area contributed by atoms with Gasteiger partial charge < -0.3 is 9.47 Å². The first-order valence-corrected chi connectivity index (χ1v) is 12.2. The number of aromatic nitrogens is 5. The van der Waals surface area contributed by atoms with Crippen molar-refractivity contribution >= 4 is 27.8 Å². The molecule has 8 heteroatoms. The van der Waals surface area contributed by atoms with Crippen LogP contribution in [0.25, 0.3) is 22.1 Å². The minimum Gasteiger partial charge on any atom is -0.364 e. The Labute approximate surface area is 198 Å². The summed E-state index contributed by atoms with van der Waals surface area (Å²) >= 11 is 0. The number of rotatable bonds is 4. The molecule has 4 aromatic rings. The van der Waals surface area contributed by atoms with Gasteiger partial charge in [0.15, 0.2) is 0 Å². The minimum atomic E-state index is -0.0117. The quantitative estimate of drug-likeness (QED) is 0.503. The van der Waals surface area contributed by atoms with E-state index in [1.165, 1.54) is 18.4 Å². The average molecular weight is 458 g/mol. The maximum atomic E-state index is 12.6. The van der Waals surface area contributed by atoms with Gasteiger partial charge >= 0.3 is 0 Å². The number of aromatic amines is 1. The summed E-state index contributed by atoms with van der Waals surface area (Å²) in [6.45, 7) is 8.51. The standard InChI is InChI=1S/C26H31N7O/c1-15-14-33(23-10-25(34)31(4)24-12-28-30-26(23)24)16(2)13-32(15)17(3)19-7-8-20-21(9-19)29-22(11-27-20)18-5-6-18/h7-12,15-18H,5-6,13-14H2,1-4H3,(H,28,30)/t15-,16+,17?/m1/s1. The van der Waals surface area contributed by atoms with Crippen LogP contribution in [0.4, 0.5) is 5.69 Å². The van der Waals surface area contributed by atoms with Gasteiger partial charge in [0, 0.05) is 62.6 Å². The fourth-order valence-electron chi connectivity index (χ4n) is 5.45. The van der Waals surface area contributed by atoms with Crippen LogP contribution >= 0.6 is 0 Å². The molecule has 3 atom stereocenters. The van der Waals surface area contributed by atoms with Gasteiger partial charge in [-0.1, -0.05) is 6.07 Å². The van der Waals surface area contributed by atoms with Gasteiger partial charge in [0.25, 0.3) is 5.56 Å². The van der Waals surface area contributed by atoms with Gasteiger partial charge in [-0.2, -0.15) is 5.10 Å². The fraction of sp³-hybridized carbons (Fsp3) is 0.462. The second kappa shape index (κ2) is 7.91. The molecular formula is C26H31N7O. The summed E-state index contributed by atoms with van der Waals surface area (Å²) in [5, 5.41) is 7.39. The molecule has 0 bridgehead atoms. The average Bonchev–Trinajstić information content (AvgIpc) is 3.57. The van der Waals surface area contributed by atoms with E-state index in [0.29, 0.717) is 12.0 Å². The van der Waals surface area contributed by atoms with E-state index >= 15 is 0 Å². The lowest BCUT2D eigenvalue weighted by Crippen LogP contribution is -2.57. The van der Waals surface area contributed by atoms with Gasteiger partial charge in [-0.3, -0.25) is 19.8 Å². The van der Waals surface area contributed by atoms with Crippen LogP contribution in [0.15, 0.2) is 41.5 Å². The second-order valence-corrected chi connectivity index (χ2v) is 10.1. The Morgan fingerprint density at radius 3 is 2.71 bits per heavy atom. The summed E-state index contributed by atoms with van der Waals surface area (Å²) in [7, 11) is 1.79. The van der Waals surface area contributed by atoms with Crippen LogP contribution in [-0.4, -0.2) is 54.8 Å². The summed E-state index contributed by atoms with van der Waals surface area (Å²) in [5.41, 5.74) is 6.94. The molecule has 2 fully saturated rings. The molecule has 1 aliphatic heterocycles. The Hall–Kier alpha value is -3.26. The molecule has 8 nitrogen and oxygen atoms in total. The molecule has 1 N–H and O–H groups in total. The van der Waals surface area contributed by atoms with Gasteiger partial charge in [-0.15, -0.1) is 0 Å². The zero-order valence-electron chi connectivity index (χ0n) is 20.2. The molecule has 1 saturated carbocycles. The Bertz CT molecular complexity index is 1440. The summed E-state index contributed by atoms with van der Waals surface area (Å²) in [4.78, 5) is 27.0. The highest BCUT2D eigenvalue weighted by Crippen LogP contribution is 2.39. The number of pyridine rings is 1. The molecule has 1 unspecified atom stereocenters.